The van der Waals surface area contributed by atoms with Crippen LogP contribution in [0.2, 0.25) is 0 Å². The van der Waals surface area contributed by atoms with Crippen LogP contribution >= 0.6 is 0 Å². The molecule has 1 aliphatic carbocycles. The number of H-pyrrole nitrogens is 1. The number of benzene rings is 2. The first kappa shape index (κ1) is 19.6. The molecule has 1 aliphatic rings. The molecule has 3 aromatic rings. The number of imidazole rings is 1. The van der Waals surface area contributed by atoms with Crippen molar-refractivity contribution in [2.45, 2.75) is 18.6 Å². The SMILES string of the molecule is O=C(Nc1cccc2nc[nH]c12)C(Cc1ccccc1)NC(=O)C1C=CC=CC1F. The fourth-order valence-electron chi connectivity index (χ4n) is 3.43. The van der Waals surface area contributed by atoms with Crippen molar-refractivity contribution < 1.29 is 14.0 Å². The van der Waals surface area contributed by atoms with E-state index in [0.29, 0.717) is 11.2 Å². The van der Waals surface area contributed by atoms with Crippen molar-refractivity contribution in [3.8, 4) is 0 Å². The number of aromatic amines is 1. The van der Waals surface area contributed by atoms with Crippen LogP contribution < -0.4 is 10.6 Å². The zero-order valence-electron chi connectivity index (χ0n) is 16.1. The predicted molar refractivity (Wildman–Crippen MR) is 113 cm³/mol. The number of nitrogens with one attached hydrogen (secondary N) is 3. The molecule has 4 rings (SSSR count). The lowest BCUT2D eigenvalue weighted by Gasteiger charge is -2.23. The molecular weight excluding hydrogens is 383 g/mol. The molecule has 3 atom stereocenters. The van der Waals surface area contributed by atoms with Crippen molar-refractivity contribution in [3.05, 3.63) is 84.7 Å². The van der Waals surface area contributed by atoms with Crippen LogP contribution in [-0.2, 0) is 16.0 Å². The number of fused-ring (bicyclic) bond motifs is 1. The predicted octanol–water partition coefficient (Wildman–Crippen LogP) is 3.31. The monoisotopic (exact) mass is 404 g/mol. The van der Waals surface area contributed by atoms with Gasteiger partial charge in [-0.3, -0.25) is 9.59 Å². The molecule has 7 heteroatoms. The topological polar surface area (TPSA) is 86.9 Å². The Hall–Kier alpha value is -3.74. The normalized spacial score (nSPS) is 18.8. The molecule has 3 unspecified atom stereocenters. The van der Waals surface area contributed by atoms with E-state index in [1.54, 1.807) is 30.6 Å². The summed E-state index contributed by atoms with van der Waals surface area (Å²) in [5.74, 6) is -1.88. The second-order valence-corrected chi connectivity index (χ2v) is 7.08. The Balaban J connectivity index is 1.55. The molecular formula is C23H21FN4O2. The molecule has 0 spiro atoms. The summed E-state index contributed by atoms with van der Waals surface area (Å²) < 4.78 is 14.2. The summed E-state index contributed by atoms with van der Waals surface area (Å²) in [7, 11) is 0. The van der Waals surface area contributed by atoms with Crippen LogP contribution in [0.3, 0.4) is 0 Å². The molecule has 0 fully saturated rings. The molecule has 2 aromatic carbocycles. The van der Waals surface area contributed by atoms with E-state index in [4.69, 9.17) is 0 Å². The van der Waals surface area contributed by atoms with Gasteiger partial charge in [0.1, 0.15) is 12.2 Å². The lowest BCUT2D eigenvalue weighted by Crippen LogP contribution is -2.48. The summed E-state index contributed by atoms with van der Waals surface area (Å²) in [6.07, 6.45) is 6.43. The van der Waals surface area contributed by atoms with Crippen molar-refractivity contribution in [3.63, 3.8) is 0 Å². The maximum atomic E-state index is 14.2. The molecule has 30 heavy (non-hydrogen) atoms. The van der Waals surface area contributed by atoms with Crippen LogP contribution in [0.15, 0.2) is 79.2 Å². The minimum atomic E-state index is -1.42. The van der Waals surface area contributed by atoms with Gasteiger partial charge >= 0.3 is 0 Å². The van der Waals surface area contributed by atoms with Crippen LogP contribution in [0.25, 0.3) is 11.0 Å². The number of hydrogen-bond acceptors (Lipinski definition) is 3. The van der Waals surface area contributed by atoms with Gasteiger partial charge in [0, 0.05) is 6.42 Å². The van der Waals surface area contributed by atoms with Gasteiger partial charge < -0.3 is 15.6 Å². The number of carbonyl (C=O) groups is 2. The Morgan fingerprint density at radius 2 is 1.87 bits per heavy atom. The number of alkyl halides is 1. The number of para-hydroxylation sites is 1. The molecule has 2 amide bonds. The molecule has 3 N–H and O–H groups in total. The Labute approximate surface area is 172 Å². The summed E-state index contributed by atoms with van der Waals surface area (Å²) in [5.41, 5.74) is 2.86. The third kappa shape index (κ3) is 4.30. The Kier molecular flexibility index (Phi) is 5.70. The first-order valence-electron chi connectivity index (χ1n) is 9.68. The van der Waals surface area contributed by atoms with Gasteiger partial charge in [-0.15, -0.1) is 0 Å². The first-order valence-corrected chi connectivity index (χ1v) is 9.68. The van der Waals surface area contributed by atoms with Gasteiger partial charge in [0.25, 0.3) is 0 Å². The van der Waals surface area contributed by atoms with Gasteiger partial charge in [0.15, 0.2) is 0 Å². The van der Waals surface area contributed by atoms with Gasteiger partial charge in [0.2, 0.25) is 11.8 Å². The van der Waals surface area contributed by atoms with Gasteiger partial charge in [-0.2, -0.15) is 0 Å². The van der Waals surface area contributed by atoms with Crippen molar-refractivity contribution in [1.82, 2.24) is 15.3 Å². The zero-order chi connectivity index (χ0) is 20.9. The lowest BCUT2D eigenvalue weighted by atomic mass is 9.96. The van der Waals surface area contributed by atoms with Crippen LogP contribution in [-0.4, -0.2) is 34.0 Å². The van der Waals surface area contributed by atoms with E-state index in [1.165, 1.54) is 12.2 Å². The Morgan fingerprint density at radius 1 is 1.07 bits per heavy atom. The van der Waals surface area contributed by atoms with Crippen LogP contribution in [0.5, 0.6) is 0 Å². The number of hydrogen-bond donors (Lipinski definition) is 3. The van der Waals surface area contributed by atoms with Gasteiger partial charge in [-0.05, 0) is 23.8 Å². The number of rotatable bonds is 6. The molecule has 1 aromatic heterocycles. The van der Waals surface area contributed by atoms with E-state index in [2.05, 4.69) is 20.6 Å². The molecule has 0 aliphatic heterocycles. The van der Waals surface area contributed by atoms with Gasteiger partial charge in [-0.1, -0.05) is 54.6 Å². The second-order valence-electron chi connectivity index (χ2n) is 7.08. The largest absolute Gasteiger partial charge is 0.343 e. The number of allylic oxidation sites excluding steroid dienone is 3. The van der Waals surface area contributed by atoms with Crippen LogP contribution in [0.4, 0.5) is 10.1 Å². The molecule has 1 heterocycles. The van der Waals surface area contributed by atoms with E-state index in [9.17, 15) is 14.0 Å². The van der Waals surface area contributed by atoms with Gasteiger partial charge in [0.05, 0.1) is 29.0 Å². The first-order chi connectivity index (χ1) is 14.6. The van der Waals surface area contributed by atoms with E-state index in [0.717, 1.165) is 11.1 Å². The van der Waals surface area contributed by atoms with Crippen LogP contribution in [0.1, 0.15) is 5.56 Å². The fraction of sp³-hybridized carbons (Fsp3) is 0.174. The quantitative estimate of drug-likeness (QED) is 0.589. The Morgan fingerprint density at radius 3 is 2.67 bits per heavy atom. The number of amides is 2. The van der Waals surface area contributed by atoms with E-state index in [-0.39, 0.29) is 12.3 Å². The fourth-order valence-corrected chi connectivity index (χ4v) is 3.43. The highest BCUT2D eigenvalue weighted by atomic mass is 19.1. The zero-order valence-corrected chi connectivity index (χ0v) is 16.1. The number of nitrogens with zero attached hydrogens (tertiary/aromatic N) is 1. The maximum absolute atomic E-state index is 14.2. The highest BCUT2D eigenvalue weighted by molar-refractivity contribution is 6.03. The average Bonchev–Trinajstić information content (AvgIpc) is 3.24. The number of carbonyl (C=O) groups excluding carboxylic acids is 2. The molecule has 0 bridgehead atoms. The minimum absolute atomic E-state index is 0.278. The molecule has 0 radical (unpaired) electrons. The van der Waals surface area contributed by atoms with Crippen LogP contribution in [0, 0.1) is 5.92 Å². The average molecular weight is 404 g/mol. The van der Waals surface area contributed by atoms with E-state index < -0.39 is 24.0 Å². The third-order valence-corrected chi connectivity index (χ3v) is 5.00. The summed E-state index contributed by atoms with van der Waals surface area (Å²) in [6, 6.07) is 13.9. The minimum Gasteiger partial charge on any atom is -0.343 e. The molecule has 6 nitrogen and oxygen atoms in total. The van der Waals surface area contributed by atoms with E-state index in [1.807, 2.05) is 36.4 Å². The molecule has 152 valence electrons. The smallest absolute Gasteiger partial charge is 0.247 e. The summed E-state index contributed by atoms with van der Waals surface area (Å²) in [4.78, 5) is 33.0. The number of aromatic nitrogens is 2. The van der Waals surface area contributed by atoms with Crippen molar-refractivity contribution >= 4 is 28.5 Å². The lowest BCUT2D eigenvalue weighted by molar-refractivity contribution is -0.129. The maximum Gasteiger partial charge on any atom is 0.247 e. The summed E-state index contributed by atoms with van der Waals surface area (Å²) in [6.45, 7) is 0. The number of anilines is 1. The van der Waals surface area contributed by atoms with Crippen molar-refractivity contribution in [1.29, 1.82) is 0 Å². The third-order valence-electron chi connectivity index (χ3n) is 5.00. The molecule has 0 saturated heterocycles. The highest BCUT2D eigenvalue weighted by Gasteiger charge is 2.30. The van der Waals surface area contributed by atoms with Crippen molar-refractivity contribution in [2.75, 3.05) is 5.32 Å². The summed E-state index contributed by atoms with van der Waals surface area (Å²) >= 11 is 0. The van der Waals surface area contributed by atoms with E-state index >= 15 is 0 Å². The standard InChI is InChI=1S/C23H21FN4O2/c24-17-10-5-4-9-16(17)22(29)28-20(13-15-7-2-1-3-8-15)23(30)27-19-12-6-11-18-21(19)26-14-25-18/h1-12,14,16-17,20H,13H2,(H,25,26)(H,27,30)(H,28,29). The highest BCUT2D eigenvalue weighted by Crippen LogP contribution is 2.21. The Bertz CT molecular complexity index is 1110. The second kappa shape index (κ2) is 8.73. The number of halogens is 1. The summed E-state index contributed by atoms with van der Waals surface area (Å²) in [5, 5.41) is 5.59. The van der Waals surface area contributed by atoms with Crippen molar-refractivity contribution in [2.24, 2.45) is 5.92 Å². The molecule has 0 saturated carbocycles. The van der Waals surface area contributed by atoms with Gasteiger partial charge in [-0.25, -0.2) is 9.37 Å².